The molecule has 0 heterocycles. The van der Waals surface area contributed by atoms with Gasteiger partial charge in [0.1, 0.15) is 11.8 Å². The zero-order chi connectivity index (χ0) is 16.7. The number of nitrogens with zero attached hydrogens (tertiary/aromatic N) is 1. The van der Waals surface area contributed by atoms with Gasteiger partial charge in [0, 0.05) is 11.6 Å². The van der Waals surface area contributed by atoms with Gasteiger partial charge in [-0.2, -0.15) is 5.26 Å². The predicted octanol–water partition coefficient (Wildman–Crippen LogP) is 2.91. The lowest BCUT2D eigenvalue weighted by atomic mass is 10.1. The molecule has 0 atom stereocenters. The fourth-order valence-corrected chi connectivity index (χ4v) is 1.91. The van der Waals surface area contributed by atoms with E-state index in [1.54, 1.807) is 54.6 Å². The van der Waals surface area contributed by atoms with Gasteiger partial charge in [0.05, 0.1) is 18.4 Å². The molecule has 5 nitrogen and oxygen atoms in total. The topological polar surface area (TPSA) is 79.2 Å². The molecule has 0 saturated carbocycles. The van der Waals surface area contributed by atoms with Crippen LogP contribution in [0.3, 0.4) is 0 Å². The maximum absolute atomic E-state index is 12.2. The average Bonchev–Trinajstić information content (AvgIpc) is 2.61. The van der Waals surface area contributed by atoms with Gasteiger partial charge in [-0.15, -0.1) is 0 Å². The second-order valence-electron chi connectivity index (χ2n) is 4.56. The number of carbonyl (C=O) groups is 2. The van der Waals surface area contributed by atoms with Gasteiger partial charge < -0.3 is 10.1 Å². The number of ketones is 1. The first kappa shape index (κ1) is 16.0. The summed E-state index contributed by atoms with van der Waals surface area (Å²) in [6.07, 6.45) is 1.16. The molecule has 23 heavy (non-hydrogen) atoms. The maximum Gasteiger partial charge on any atom is 0.354 e. The minimum absolute atomic E-state index is 0.0379. The average molecular weight is 306 g/mol. The van der Waals surface area contributed by atoms with Crippen molar-refractivity contribution in [3.63, 3.8) is 0 Å². The number of carbonyl (C=O) groups excluding carboxylic acids is 2. The molecule has 0 spiro atoms. The second kappa shape index (κ2) is 7.57. The molecule has 0 aliphatic heterocycles. The van der Waals surface area contributed by atoms with Crippen molar-refractivity contribution in [2.45, 2.75) is 0 Å². The molecular weight excluding hydrogens is 292 g/mol. The van der Waals surface area contributed by atoms with Crippen LogP contribution in [0.1, 0.15) is 15.9 Å². The van der Waals surface area contributed by atoms with Crippen LogP contribution in [0, 0.1) is 11.3 Å². The smallest absolute Gasteiger partial charge is 0.354 e. The van der Waals surface area contributed by atoms with Crippen LogP contribution in [0.2, 0.25) is 0 Å². The number of hydrogen-bond acceptors (Lipinski definition) is 5. The van der Waals surface area contributed by atoms with E-state index in [2.05, 4.69) is 10.1 Å². The Morgan fingerprint density at radius 3 is 2.39 bits per heavy atom. The number of nitriles is 1. The van der Waals surface area contributed by atoms with E-state index < -0.39 is 5.97 Å². The highest BCUT2D eigenvalue weighted by atomic mass is 16.5. The lowest BCUT2D eigenvalue weighted by Gasteiger charge is -2.10. The van der Waals surface area contributed by atoms with E-state index in [-0.39, 0.29) is 11.5 Å². The van der Waals surface area contributed by atoms with Crippen molar-refractivity contribution in [2.24, 2.45) is 0 Å². The maximum atomic E-state index is 12.2. The van der Waals surface area contributed by atoms with E-state index in [0.717, 1.165) is 6.08 Å². The van der Waals surface area contributed by atoms with Crippen molar-refractivity contribution in [1.82, 2.24) is 0 Å². The zero-order valence-corrected chi connectivity index (χ0v) is 12.4. The number of allylic oxidation sites excluding steroid dienone is 1. The highest BCUT2D eigenvalue weighted by Crippen LogP contribution is 2.17. The van der Waals surface area contributed by atoms with Crippen molar-refractivity contribution in [1.29, 1.82) is 5.26 Å². The van der Waals surface area contributed by atoms with Crippen LogP contribution >= 0.6 is 0 Å². The van der Waals surface area contributed by atoms with E-state index in [0.29, 0.717) is 16.8 Å². The summed E-state index contributed by atoms with van der Waals surface area (Å²) in [4.78, 5) is 24.1. The highest BCUT2D eigenvalue weighted by molar-refractivity contribution is 6.09. The van der Waals surface area contributed by atoms with Gasteiger partial charge in [-0.25, -0.2) is 4.79 Å². The minimum Gasteiger partial charge on any atom is -0.464 e. The monoisotopic (exact) mass is 306 g/mol. The van der Waals surface area contributed by atoms with Crippen LogP contribution in [-0.2, 0) is 9.53 Å². The third-order valence-electron chi connectivity index (χ3n) is 3.06. The van der Waals surface area contributed by atoms with Gasteiger partial charge in [0.15, 0.2) is 5.78 Å². The summed E-state index contributed by atoms with van der Waals surface area (Å²) in [5.41, 5.74) is 1.19. The lowest BCUT2D eigenvalue weighted by molar-refractivity contribution is -0.135. The number of methoxy groups -OCH3 is 1. The Hall–Kier alpha value is -3.39. The van der Waals surface area contributed by atoms with Crippen LogP contribution in [0.5, 0.6) is 0 Å². The largest absolute Gasteiger partial charge is 0.464 e. The molecule has 1 N–H and O–H groups in total. The Balaban J connectivity index is 2.35. The van der Waals surface area contributed by atoms with E-state index >= 15 is 0 Å². The van der Waals surface area contributed by atoms with Crippen LogP contribution in [0.15, 0.2) is 66.4 Å². The minimum atomic E-state index is -0.693. The van der Waals surface area contributed by atoms with Gasteiger partial charge >= 0.3 is 5.97 Å². The standard InChI is InChI=1S/C18H14N2O3/c1-23-18(22)16(11-17(21)13-7-3-2-4-8-13)20-15-10-6-5-9-14(15)12-19/h2-11,20H,1H3/b16-11-. The first-order valence-electron chi connectivity index (χ1n) is 6.81. The molecule has 2 aromatic carbocycles. The summed E-state index contributed by atoms with van der Waals surface area (Å²) < 4.78 is 4.69. The molecule has 0 aliphatic carbocycles. The van der Waals surface area contributed by atoms with Crippen LogP contribution in [-0.4, -0.2) is 18.9 Å². The van der Waals surface area contributed by atoms with E-state index in [4.69, 9.17) is 5.26 Å². The first-order valence-corrected chi connectivity index (χ1v) is 6.81. The Morgan fingerprint density at radius 1 is 1.09 bits per heavy atom. The first-order chi connectivity index (χ1) is 11.2. The molecule has 2 aromatic rings. The molecule has 0 bridgehead atoms. The molecule has 0 amide bonds. The molecule has 0 aliphatic rings. The molecule has 0 saturated heterocycles. The van der Waals surface area contributed by atoms with Crippen molar-refractivity contribution in [3.05, 3.63) is 77.5 Å². The van der Waals surface area contributed by atoms with Gasteiger partial charge in [-0.1, -0.05) is 42.5 Å². The van der Waals surface area contributed by atoms with Crippen molar-refractivity contribution < 1.29 is 14.3 Å². The zero-order valence-electron chi connectivity index (χ0n) is 12.4. The number of nitrogens with one attached hydrogen (secondary N) is 1. The SMILES string of the molecule is COC(=O)/C(=C/C(=O)c1ccccc1)Nc1ccccc1C#N. The summed E-state index contributed by atoms with van der Waals surface area (Å²) in [7, 11) is 1.22. The summed E-state index contributed by atoms with van der Waals surface area (Å²) in [5, 5.41) is 11.9. The second-order valence-corrected chi connectivity index (χ2v) is 4.56. The Morgan fingerprint density at radius 2 is 1.74 bits per heavy atom. The number of anilines is 1. The van der Waals surface area contributed by atoms with Gasteiger partial charge in [0.2, 0.25) is 0 Å². The number of esters is 1. The molecule has 0 fully saturated rings. The summed E-state index contributed by atoms with van der Waals surface area (Å²) in [6.45, 7) is 0. The van der Waals surface area contributed by atoms with Gasteiger partial charge in [0.25, 0.3) is 0 Å². The lowest BCUT2D eigenvalue weighted by Crippen LogP contribution is -2.15. The van der Waals surface area contributed by atoms with E-state index in [9.17, 15) is 9.59 Å². The van der Waals surface area contributed by atoms with Gasteiger partial charge in [-0.05, 0) is 12.1 Å². The van der Waals surface area contributed by atoms with E-state index in [1.807, 2.05) is 6.07 Å². The van der Waals surface area contributed by atoms with E-state index in [1.165, 1.54) is 7.11 Å². The van der Waals surface area contributed by atoms with Crippen molar-refractivity contribution in [3.8, 4) is 6.07 Å². The summed E-state index contributed by atoms with van der Waals surface area (Å²) >= 11 is 0. The molecule has 2 rings (SSSR count). The molecule has 5 heteroatoms. The molecule has 114 valence electrons. The number of rotatable bonds is 5. The Labute approximate surface area is 133 Å². The molecule has 0 radical (unpaired) electrons. The van der Waals surface area contributed by atoms with Crippen LogP contribution in [0.25, 0.3) is 0 Å². The quantitative estimate of drug-likeness (QED) is 0.522. The van der Waals surface area contributed by atoms with Crippen molar-refractivity contribution in [2.75, 3.05) is 12.4 Å². The molecular formula is C18H14N2O3. The number of para-hydroxylation sites is 1. The van der Waals surface area contributed by atoms with Crippen LogP contribution in [0.4, 0.5) is 5.69 Å². The normalized spacial score (nSPS) is 10.5. The number of benzene rings is 2. The van der Waals surface area contributed by atoms with Crippen LogP contribution < -0.4 is 5.32 Å². The highest BCUT2D eigenvalue weighted by Gasteiger charge is 2.14. The fraction of sp³-hybridized carbons (Fsp3) is 0.0556. The number of hydrogen-bond donors (Lipinski definition) is 1. The number of ether oxygens (including phenoxy) is 1. The Kier molecular flexibility index (Phi) is 5.26. The summed E-state index contributed by atoms with van der Waals surface area (Å²) in [5.74, 6) is -1.03. The molecule has 0 aromatic heterocycles. The van der Waals surface area contributed by atoms with Gasteiger partial charge in [-0.3, -0.25) is 4.79 Å². The predicted molar refractivity (Wildman–Crippen MR) is 85.7 cm³/mol. The third-order valence-corrected chi connectivity index (χ3v) is 3.06. The Bertz CT molecular complexity index is 789. The summed E-state index contributed by atoms with van der Waals surface area (Å²) in [6, 6.07) is 17.3. The molecule has 0 unspecified atom stereocenters. The van der Waals surface area contributed by atoms with Crippen molar-refractivity contribution >= 4 is 17.4 Å². The fourth-order valence-electron chi connectivity index (χ4n) is 1.91. The third kappa shape index (κ3) is 4.05.